The highest BCUT2D eigenvalue weighted by Gasteiger charge is 2.30. The highest BCUT2D eigenvalue weighted by molar-refractivity contribution is 6.31. The Morgan fingerprint density at radius 3 is 2.90 bits per heavy atom. The van der Waals surface area contributed by atoms with Crippen LogP contribution in [0.2, 0.25) is 5.02 Å². The Balaban J connectivity index is 2.26. The summed E-state index contributed by atoms with van der Waals surface area (Å²) in [7, 11) is 1.55. The van der Waals surface area contributed by atoms with Gasteiger partial charge in [-0.15, -0.1) is 0 Å². The summed E-state index contributed by atoms with van der Waals surface area (Å²) in [6, 6.07) is 3.40. The van der Waals surface area contributed by atoms with Gasteiger partial charge in [0.05, 0.1) is 5.92 Å². The summed E-state index contributed by atoms with van der Waals surface area (Å²) in [5, 5.41) is 9.14. The minimum Gasteiger partial charge on any atom is -0.398 e. The lowest BCUT2D eigenvalue weighted by Crippen LogP contribution is -2.39. The smallest absolute Gasteiger partial charge is 0.241 e. The third-order valence-corrected chi connectivity index (χ3v) is 3.74. The van der Waals surface area contributed by atoms with Crippen molar-refractivity contribution in [2.45, 2.75) is 6.42 Å². The number of hydrogen-bond donors (Lipinski definition) is 3. The standard InChI is InChI=1S/C13H18ClN5O/c1-18(17)13(20)8-2-3-19(7-8)12-5-9(14)4-11(16)10(12)6-15/h4-6,8,15H,2-3,7,16-17H2,1H3. The van der Waals surface area contributed by atoms with Gasteiger partial charge in [-0.3, -0.25) is 9.80 Å². The molecule has 0 aromatic heterocycles. The number of nitrogens with one attached hydrogen (secondary N) is 1. The molecular weight excluding hydrogens is 278 g/mol. The number of rotatable bonds is 3. The lowest BCUT2D eigenvalue weighted by atomic mass is 10.1. The minimum absolute atomic E-state index is 0.0843. The molecule has 1 saturated heterocycles. The van der Waals surface area contributed by atoms with Crippen molar-refractivity contribution in [3.63, 3.8) is 0 Å². The average Bonchev–Trinajstić information content (AvgIpc) is 2.86. The van der Waals surface area contributed by atoms with Crippen LogP contribution in [0.4, 0.5) is 11.4 Å². The summed E-state index contributed by atoms with van der Waals surface area (Å²) in [5.74, 6) is 5.27. The molecule has 1 aromatic carbocycles. The minimum atomic E-state index is -0.135. The van der Waals surface area contributed by atoms with E-state index in [9.17, 15) is 4.79 Å². The molecule has 0 radical (unpaired) electrons. The van der Waals surface area contributed by atoms with Crippen molar-refractivity contribution < 1.29 is 4.79 Å². The fourth-order valence-electron chi connectivity index (χ4n) is 2.51. The summed E-state index contributed by atoms with van der Waals surface area (Å²) in [6.07, 6.45) is 1.94. The molecule has 1 atom stereocenters. The highest BCUT2D eigenvalue weighted by Crippen LogP contribution is 2.32. The third-order valence-electron chi connectivity index (χ3n) is 3.53. The van der Waals surface area contributed by atoms with E-state index in [1.54, 1.807) is 19.2 Å². The first-order valence-corrected chi connectivity index (χ1v) is 6.68. The third kappa shape index (κ3) is 2.71. The number of anilines is 2. The van der Waals surface area contributed by atoms with Crippen LogP contribution in [0.1, 0.15) is 12.0 Å². The normalized spacial score (nSPS) is 18.1. The number of carbonyl (C=O) groups excluding carboxylic acids is 1. The van der Waals surface area contributed by atoms with Crippen molar-refractivity contribution in [2.24, 2.45) is 11.8 Å². The van der Waals surface area contributed by atoms with Crippen molar-refractivity contribution >= 4 is 35.1 Å². The molecule has 7 heteroatoms. The summed E-state index contributed by atoms with van der Waals surface area (Å²) >= 11 is 6.03. The predicted molar refractivity (Wildman–Crippen MR) is 81.0 cm³/mol. The molecule has 6 nitrogen and oxygen atoms in total. The van der Waals surface area contributed by atoms with Crippen LogP contribution in [0.15, 0.2) is 12.1 Å². The number of nitrogen functional groups attached to an aromatic ring is 1. The Kier molecular flexibility index (Phi) is 4.15. The van der Waals surface area contributed by atoms with Crippen LogP contribution >= 0.6 is 11.6 Å². The van der Waals surface area contributed by atoms with Gasteiger partial charge in [-0.1, -0.05) is 11.6 Å². The van der Waals surface area contributed by atoms with E-state index in [2.05, 4.69) is 0 Å². The number of hydrazine groups is 1. The molecule has 20 heavy (non-hydrogen) atoms. The maximum atomic E-state index is 11.9. The fourth-order valence-corrected chi connectivity index (χ4v) is 2.73. The second-order valence-corrected chi connectivity index (χ2v) is 5.39. The summed E-state index contributed by atoms with van der Waals surface area (Å²) in [6.45, 7) is 1.27. The lowest BCUT2D eigenvalue weighted by molar-refractivity contribution is -0.133. The van der Waals surface area contributed by atoms with Crippen LogP contribution in [0, 0.1) is 11.3 Å². The maximum Gasteiger partial charge on any atom is 0.241 e. The second-order valence-electron chi connectivity index (χ2n) is 4.95. The van der Waals surface area contributed by atoms with E-state index in [1.165, 1.54) is 6.21 Å². The zero-order valence-corrected chi connectivity index (χ0v) is 12.0. The van der Waals surface area contributed by atoms with Gasteiger partial charge in [-0.25, -0.2) is 5.84 Å². The van der Waals surface area contributed by atoms with Gasteiger partial charge >= 0.3 is 0 Å². The topological polar surface area (TPSA) is 99.4 Å². The summed E-state index contributed by atoms with van der Waals surface area (Å²) in [5.41, 5.74) is 7.77. The SMILES string of the molecule is CN(N)C(=O)C1CCN(c2cc(Cl)cc(N)c2C=N)C1. The first-order valence-electron chi connectivity index (χ1n) is 6.30. The van der Waals surface area contributed by atoms with Crippen molar-refractivity contribution in [3.05, 3.63) is 22.7 Å². The van der Waals surface area contributed by atoms with Crippen LogP contribution in [0.5, 0.6) is 0 Å². The van der Waals surface area contributed by atoms with Crippen LogP contribution in [0.25, 0.3) is 0 Å². The van der Waals surface area contributed by atoms with Gasteiger partial charge in [-0.2, -0.15) is 0 Å². The molecule has 1 aliphatic rings. The molecule has 5 N–H and O–H groups in total. The monoisotopic (exact) mass is 295 g/mol. The lowest BCUT2D eigenvalue weighted by Gasteiger charge is -2.22. The van der Waals surface area contributed by atoms with E-state index in [-0.39, 0.29) is 11.8 Å². The predicted octanol–water partition coefficient (Wildman–Crippen LogP) is 1.08. The Morgan fingerprint density at radius 2 is 2.30 bits per heavy atom. The molecule has 1 aromatic rings. The zero-order chi connectivity index (χ0) is 14.9. The number of nitrogens with two attached hydrogens (primary N) is 2. The Hall–Kier alpha value is -1.79. The van der Waals surface area contributed by atoms with E-state index < -0.39 is 0 Å². The van der Waals surface area contributed by atoms with Gasteiger partial charge in [0, 0.05) is 48.3 Å². The number of hydrogen-bond acceptors (Lipinski definition) is 5. The molecule has 1 aliphatic heterocycles. The molecular formula is C13H18ClN5O. The molecule has 0 bridgehead atoms. The van der Waals surface area contributed by atoms with Gasteiger partial charge in [0.2, 0.25) is 5.91 Å². The number of carbonyl (C=O) groups is 1. The van der Waals surface area contributed by atoms with E-state index in [0.29, 0.717) is 29.4 Å². The molecule has 1 heterocycles. The van der Waals surface area contributed by atoms with Gasteiger partial charge in [0.15, 0.2) is 0 Å². The van der Waals surface area contributed by atoms with Gasteiger partial charge < -0.3 is 16.0 Å². The maximum absolute atomic E-state index is 11.9. The van der Waals surface area contributed by atoms with Gasteiger partial charge in [-0.05, 0) is 18.6 Å². The quantitative estimate of drug-likeness (QED) is 0.255. The molecule has 1 unspecified atom stereocenters. The van der Waals surface area contributed by atoms with Crippen LogP contribution < -0.4 is 16.5 Å². The van der Waals surface area contributed by atoms with Crippen molar-refractivity contribution in [2.75, 3.05) is 30.8 Å². The number of amides is 1. The number of halogens is 1. The van der Waals surface area contributed by atoms with E-state index in [0.717, 1.165) is 17.1 Å². The Bertz CT molecular complexity index is 546. The van der Waals surface area contributed by atoms with E-state index >= 15 is 0 Å². The summed E-state index contributed by atoms with van der Waals surface area (Å²) in [4.78, 5) is 13.9. The van der Waals surface area contributed by atoms with E-state index in [1.807, 2.05) is 4.90 Å². The fraction of sp³-hybridized carbons (Fsp3) is 0.385. The molecule has 0 spiro atoms. The van der Waals surface area contributed by atoms with Crippen molar-refractivity contribution in [1.82, 2.24) is 5.01 Å². The van der Waals surface area contributed by atoms with Crippen LogP contribution in [-0.4, -0.2) is 37.3 Å². The largest absolute Gasteiger partial charge is 0.398 e. The first-order chi connectivity index (χ1) is 9.43. The van der Waals surface area contributed by atoms with E-state index in [4.69, 9.17) is 28.6 Å². The highest BCUT2D eigenvalue weighted by atomic mass is 35.5. The second kappa shape index (κ2) is 5.68. The van der Waals surface area contributed by atoms with Crippen molar-refractivity contribution in [3.8, 4) is 0 Å². The average molecular weight is 296 g/mol. The molecule has 0 aliphatic carbocycles. The Labute approximate surface area is 122 Å². The Morgan fingerprint density at radius 1 is 1.60 bits per heavy atom. The number of benzene rings is 1. The zero-order valence-electron chi connectivity index (χ0n) is 11.3. The summed E-state index contributed by atoms with van der Waals surface area (Å²) < 4.78 is 0. The molecule has 108 valence electrons. The van der Waals surface area contributed by atoms with Crippen LogP contribution in [0.3, 0.4) is 0 Å². The molecule has 1 amide bonds. The molecule has 0 saturated carbocycles. The van der Waals surface area contributed by atoms with Gasteiger partial charge in [0.25, 0.3) is 0 Å². The number of nitrogens with zero attached hydrogens (tertiary/aromatic N) is 2. The first kappa shape index (κ1) is 14.6. The molecule has 1 fully saturated rings. The van der Waals surface area contributed by atoms with Crippen molar-refractivity contribution in [1.29, 1.82) is 5.41 Å². The molecule has 2 rings (SSSR count). The van der Waals surface area contributed by atoms with Crippen LogP contribution in [-0.2, 0) is 4.79 Å². The van der Waals surface area contributed by atoms with Gasteiger partial charge in [0.1, 0.15) is 0 Å².